The number of aliphatic hydroxyl groups is 10. The number of rotatable bonds is 10. The van der Waals surface area contributed by atoms with Crippen molar-refractivity contribution in [1.82, 2.24) is 0 Å². The summed E-state index contributed by atoms with van der Waals surface area (Å²) in [6.07, 6.45) is -15.6. The molecule has 17 heteroatoms. The van der Waals surface area contributed by atoms with Gasteiger partial charge in [0.25, 0.3) is 0 Å². The topological polar surface area (TPSA) is 275 Å². The van der Waals surface area contributed by atoms with E-state index in [9.17, 15) is 55.9 Å². The molecule has 10 N–H and O–H groups in total. The molecule has 0 aromatic rings. The molecule has 23 atom stereocenters. The first-order valence-corrected chi connectivity index (χ1v) is 20.6. The third kappa shape index (κ3) is 7.53. The predicted molar refractivity (Wildman–Crippen MR) is 190 cm³/mol. The monoisotopic (exact) mass is 804 g/mol. The van der Waals surface area contributed by atoms with Crippen LogP contribution in [0.3, 0.4) is 0 Å². The smallest absolute Gasteiger partial charge is 0.187 e. The first-order chi connectivity index (χ1) is 26.5. The van der Waals surface area contributed by atoms with Gasteiger partial charge in [-0.25, -0.2) is 0 Å². The minimum atomic E-state index is -1.81. The van der Waals surface area contributed by atoms with Gasteiger partial charge >= 0.3 is 0 Å². The summed E-state index contributed by atoms with van der Waals surface area (Å²) in [7, 11) is 0. The molecule has 56 heavy (non-hydrogen) atoms. The van der Waals surface area contributed by atoms with Crippen LogP contribution in [0.15, 0.2) is 0 Å². The predicted octanol–water partition coefficient (Wildman–Crippen LogP) is -1.93. The maximum Gasteiger partial charge on any atom is 0.187 e. The number of ketones is 1. The van der Waals surface area contributed by atoms with Gasteiger partial charge in [0.1, 0.15) is 79.0 Å². The van der Waals surface area contributed by atoms with Crippen molar-refractivity contribution >= 4 is 5.78 Å². The summed E-state index contributed by atoms with van der Waals surface area (Å²) in [5, 5.41) is 105. The molecule has 7 fully saturated rings. The Morgan fingerprint density at radius 1 is 0.607 bits per heavy atom. The Bertz CT molecular complexity index is 1350. The standard InChI is InChI=1S/C39H64O17/c1-16(42)20-6-7-21-19-5-4-17-12-18(8-10-38(17,2)22(19)9-11-39(20,21)3)52-37-34(56-36-33(50)30(47)27(44)24(14-41)54-36)31(48)28(45)25(55-37)15-51-35-32(49)29(46)26(43)23(13-40)53-35/h17-37,40-41,43-50H,4-15H2,1-3H3/t17?,18-,19-,20+,21-,22-,23+,24+,25+,26+,27+,28+,29-,30-,31-,32+,33+,34+,35+,36-,37+,38-,39+/m0/s1. The first-order valence-electron chi connectivity index (χ1n) is 20.6. The normalized spacial score (nSPS) is 54.8. The van der Waals surface area contributed by atoms with Crippen molar-refractivity contribution in [1.29, 1.82) is 0 Å². The maximum absolute atomic E-state index is 12.6. The van der Waals surface area contributed by atoms with E-state index in [1.54, 1.807) is 6.92 Å². The van der Waals surface area contributed by atoms with Crippen molar-refractivity contribution < 1.29 is 84.3 Å². The second-order valence-electron chi connectivity index (χ2n) is 18.3. The first kappa shape index (κ1) is 43.1. The maximum atomic E-state index is 12.6. The van der Waals surface area contributed by atoms with Gasteiger partial charge in [-0.15, -0.1) is 0 Å². The van der Waals surface area contributed by atoms with Crippen molar-refractivity contribution in [2.24, 2.45) is 40.4 Å². The van der Waals surface area contributed by atoms with Crippen LogP contribution in [0.4, 0.5) is 0 Å². The van der Waals surface area contributed by atoms with E-state index >= 15 is 0 Å². The van der Waals surface area contributed by atoms with Gasteiger partial charge in [-0.05, 0) is 99.2 Å². The molecule has 4 saturated carbocycles. The molecule has 3 aliphatic heterocycles. The molecule has 17 nitrogen and oxygen atoms in total. The van der Waals surface area contributed by atoms with Gasteiger partial charge in [0, 0.05) is 5.92 Å². The van der Waals surface area contributed by atoms with Gasteiger partial charge in [-0.1, -0.05) is 13.8 Å². The minimum absolute atomic E-state index is 0.0548. The number of Topliss-reactive ketones (excluding diaryl/α,β-unsaturated/α-hetero) is 1. The summed E-state index contributed by atoms with van der Waals surface area (Å²) in [4.78, 5) is 12.6. The lowest BCUT2D eigenvalue weighted by atomic mass is 9.44. The van der Waals surface area contributed by atoms with Crippen molar-refractivity contribution in [3.8, 4) is 0 Å². The Hall–Kier alpha value is -0.970. The summed E-state index contributed by atoms with van der Waals surface area (Å²) in [5.74, 6) is 2.40. The average Bonchev–Trinajstić information content (AvgIpc) is 3.54. The third-order valence-electron chi connectivity index (χ3n) is 15.5. The Balaban J connectivity index is 1.07. The van der Waals surface area contributed by atoms with Crippen LogP contribution in [0.1, 0.15) is 78.6 Å². The summed E-state index contributed by atoms with van der Waals surface area (Å²) in [6, 6.07) is 0. The molecule has 7 aliphatic rings. The van der Waals surface area contributed by atoms with E-state index in [1.165, 1.54) is 0 Å². The van der Waals surface area contributed by atoms with Gasteiger partial charge in [-0.2, -0.15) is 0 Å². The van der Waals surface area contributed by atoms with Gasteiger partial charge in [-0.3, -0.25) is 4.79 Å². The third-order valence-corrected chi connectivity index (χ3v) is 15.5. The number of hydrogen-bond donors (Lipinski definition) is 10. The molecule has 0 bridgehead atoms. The highest BCUT2D eigenvalue weighted by Crippen LogP contribution is 2.67. The molecule has 7 rings (SSSR count). The lowest BCUT2D eigenvalue weighted by molar-refractivity contribution is -0.378. The molecule has 3 saturated heterocycles. The van der Waals surface area contributed by atoms with Gasteiger partial charge in [0.05, 0.1) is 25.9 Å². The SMILES string of the molecule is CC(=O)[C@H]1CC[C@H]2[C@@H]3CCC4C[C@@H](O[C@@H]5O[C@H](CO[C@@H]6O[C@H](CO)[C@@H](O)[C@H](O)[C@H]6O)[C@@H](O)[C@H](O)[C@H]5O[C@@H]5O[C@H](CO)[C@@H](O)[C@H](O)[C@H]5O)CC[C@]4(C)[C@H]3CC[C@]12C. The van der Waals surface area contributed by atoms with Crippen LogP contribution in [-0.4, -0.2) is 175 Å². The highest BCUT2D eigenvalue weighted by molar-refractivity contribution is 5.79. The molecule has 0 aromatic heterocycles. The van der Waals surface area contributed by atoms with Crippen LogP contribution < -0.4 is 0 Å². The van der Waals surface area contributed by atoms with Crippen LogP contribution in [0, 0.1) is 40.4 Å². The quantitative estimate of drug-likeness (QED) is 0.108. The summed E-state index contributed by atoms with van der Waals surface area (Å²) in [5.41, 5.74) is 0.120. The van der Waals surface area contributed by atoms with Crippen LogP contribution in [-0.2, 0) is 33.2 Å². The Morgan fingerprint density at radius 2 is 1.18 bits per heavy atom. The molecule has 0 radical (unpaired) electrons. The fourth-order valence-electron chi connectivity index (χ4n) is 12.2. The highest BCUT2D eigenvalue weighted by atomic mass is 16.8. The van der Waals surface area contributed by atoms with Crippen molar-refractivity contribution in [2.45, 2.75) is 177 Å². The number of aliphatic hydroxyl groups excluding tert-OH is 10. The summed E-state index contributed by atoms with van der Waals surface area (Å²) < 4.78 is 35.5. The summed E-state index contributed by atoms with van der Waals surface area (Å²) in [6.45, 7) is 4.59. The van der Waals surface area contributed by atoms with Crippen LogP contribution in [0.5, 0.6) is 0 Å². The number of ether oxygens (including phenoxy) is 6. The van der Waals surface area contributed by atoms with E-state index in [2.05, 4.69) is 13.8 Å². The molecule has 0 aromatic carbocycles. The van der Waals surface area contributed by atoms with Gasteiger partial charge in [0.2, 0.25) is 0 Å². The molecule has 0 spiro atoms. The van der Waals surface area contributed by atoms with Gasteiger partial charge in [0.15, 0.2) is 18.9 Å². The summed E-state index contributed by atoms with van der Waals surface area (Å²) >= 11 is 0. The fourth-order valence-corrected chi connectivity index (χ4v) is 12.2. The lowest BCUT2D eigenvalue weighted by Crippen LogP contribution is -2.65. The zero-order valence-corrected chi connectivity index (χ0v) is 32.4. The second-order valence-corrected chi connectivity index (χ2v) is 18.3. The Morgan fingerprint density at radius 3 is 1.82 bits per heavy atom. The lowest BCUT2D eigenvalue weighted by Gasteiger charge is -2.61. The molecule has 3 heterocycles. The van der Waals surface area contributed by atoms with Crippen LogP contribution in [0.2, 0.25) is 0 Å². The van der Waals surface area contributed by atoms with Gasteiger partial charge < -0.3 is 79.5 Å². The number of fused-ring (bicyclic) bond motifs is 5. The minimum Gasteiger partial charge on any atom is -0.394 e. The Kier molecular flexibility index (Phi) is 13.0. The Labute approximate surface area is 326 Å². The van der Waals surface area contributed by atoms with E-state index in [0.717, 1.165) is 44.9 Å². The number of hydrogen-bond acceptors (Lipinski definition) is 17. The number of carbonyl (C=O) groups excluding carboxylic acids is 1. The highest BCUT2D eigenvalue weighted by Gasteiger charge is 2.61. The van der Waals surface area contributed by atoms with Crippen molar-refractivity contribution in [3.63, 3.8) is 0 Å². The molecule has 4 aliphatic carbocycles. The fraction of sp³-hybridized carbons (Fsp3) is 0.974. The van der Waals surface area contributed by atoms with E-state index in [1.807, 2.05) is 0 Å². The molecular weight excluding hydrogens is 740 g/mol. The molecule has 322 valence electrons. The van der Waals surface area contributed by atoms with E-state index < -0.39 is 112 Å². The average molecular weight is 805 g/mol. The van der Waals surface area contributed by atoms with Crippen LogP contribution in [0.25, 0.3) is 0 Å². The zero-order chi connectivity index (χ0) is 40.4. The molecule has 0 amide bonds. The zero-order valence-electron chi connectivity index (χ0n) is 32.4. The van der Waals surface area contributed by atoms with E-state index in [-0.39, 0.29) is 22.9 Å². The van der Waals surface area contributed by atoms with E-state index in [0.29, 0.717) is 42.3 Å². The molecule has 1 unspecified atom stereocenters. The largest absolute Gasteiger partial charge is 0.394 e. The van der Waals surface area contributed by atoms with E-state index in [4.69, 9.17) is 28.4 Å². The second kappa shape index (κ2) is 16.8. The number of carbonyl (C=O) groups is 1. The van der Waals surface area contributed by atoms with Crippen molar-refractivity contribution in [3.05, 3.63) is 0 Å². The molecular formula is C39H64O17. The van der Waals surface area contributed by atoms with Crippen molar-refractivity contribution in [2.75, 3.05) is 19.8 Å². The van der Waals surface area contributed by atoms with Crippen LogP contribution >= 0.6 is 0 Å².